The van der Waals surface area contributed by atoms with Crippen LogP contribution in [0, 0.1) is 16.7 Å². The summed E-state index contributed by atoms with van der Waals surface area (Å²) in [5, 5.41) is 28.0. The summed E-state index contributed by atoms with van der Waals surface area (Å²) in [5.41, 5.74) is -6.72. The van der Waals surface area contributed by atoms with E-state index in [-0.39, 0.29) is 24.2 Å². The maximum absolute atomic E-state index is 15.5. The van der Waals surface area contributed by atoms with Crippen molar-refractivity contribution in [2.24, 2.45) is 16.7 Å². The van der Waals surface area contributed by atoms with Gasteiger partial charge >= 0.3 is 24.0 Å². The number of aliphatic hydroxyl groups excluding tert-OH is 1. The van der Waals surface area contributed by atoms with Gasteiger partial charge in [-0.1, -0.05) is 62.4 Å². The van der Waals surface area contributed by atoms with E-state index in [0.717, 1.165) is 0 Å². The van der Waals surface area contributed by atoms with Crippen LogP contribution in [0.1, 0.15) is 90.2 Å². The van der Waals surface area contributed by atoms with Gasteiger partial charge in [-0.05, 0) is 63.5 Å². The number of hydrogen-bond acceptors (Lipinski definition) is 14. The van der Waals surface area contributed by atoms with Crippen molar-refractivity contribution < 1.29 is 67.3 Å². The Morgan fingerprint density at radius 3 is 2.08 bits per heavy atom. The van der Waals surface area contributed by atoms with E-state index in [2.05, 4.69) is 5.32 Å². The van der Waals surface area contributed by atoms with Gasteiger partial charge in [0.1, 0.15) is 35.6 Å². The average Bonchev–Trinajstić information content (AvgIpc) is 3.18. The van der Waals surface area contributed by atoms with Gasteiger partial charge in [-0.25, -0.2) is 14.4 Å². The van der Waals surface area contributed by atoms with Crippen molar-refractivity contribution in [3.8, 4) is 0 Å². The van der Waals surface area contributed by atoms with Crippen LogP contribution in [0.4, 0.5) is 4.79 Å². The van der Waals surface area contributed by atoms with Crippen LogP contribution in [0.2, 0.25) is 0 Å². The summed E-state index contributed by atoms with van der Waals surface area (Å²) < 4.78 is 42.4. The number of fused-ring (bicyclic) bond motifs is 5. The fourth-order valence-electron chi connectivity index (χ4n) is 10.1. The zero-order valence-corrected chi connectivity index (χ0v) is 35.8. The first-order valence-corrected chi connectivity index (χ1v) is 20.1. The number of methoxy groups -OCH3 is 2. The molecule has 3 fully saturated rings. The second-order valence-corrected chi connectivity index (χ2v) is 18.0. The Morgan fingerprint density at radius 1 is 0.933 bits per heavy atom. The summed E-state index contributed by atoms with van der Waals surface area (Å²) >= 11 is 0. The SMILES string of the molecule is CO[C@H]1C(=O)[C@]2(C)[C@@H](OC)C[C@H]3OC[C@@]3(OC(C)=O)[C@H]2[C@H](OC(=O)c2ccccc2)[C@]2(O)C[C@@H](OC(=O)[C@H](O)[C@@H](NC(=O)OC(C)(C)C)c3ccccc3)C(C)=C1C2(C)C. The Labute approximate surface area is 350 Å². The molecule has 2 aromatic rings. The molecule has 326 valence electrons. The lowest BCUT2D eigenvalue weighted by Crippen LogP contribution is -2.82. The lowest BCUT2D eigenvalue weighted by atomic mass is 9.44. The van der Waals surface area contributed by atoms with Crippen molar-refractivity contribution in [3.05, 3.63) is 82.9 Å². The van der Waals surface area contributed by atoms with E-state index in [4.69, 9.17) is 33.2 Å². The van der Waals surface area contributed by atoms with Gasteiger partial charge in [-0.15, -0.1) is 0 Å². The minimum atomic E-state index is -2.22. The molecule has 3 aliphatic carbocycles. The Morgan fingerprint density at radius 2 is 1.55 bits per heavy atom. The number of carbonyl (C=O) groups excluding carboxylic acids is 5. The largest absolute Gasteiger partial charge is 0.456 e. The molecule has 11 atom stereocenters. The van der Waals surface area contributed by atoms with E-state index in [0.29, 0.717) is 11.1 Å². The fraction of sp³-hybridized carbons (Fsp3) is 0.578. The molecule has 0 radical (unpaired) electrons. The number of alkyl carbamates (subject to hydrolysis) is 1. The summed E-state index contributed by atoms with van der Waals surface area (Å²) in [7, 11) is 2.78. The number of nitrogens with one attached hydrogen (secondary N) is 1. The number of amides is 1. The van der Waals surface area contributed by atoms with E-state index in [1.54, 1.807) is 109 Å². The summed E-state index contributed by atoms with van der Waals surface area (Å²) in [5.74, 6) is -4.52. The van der Waals surface area contributed by atoms with Gasteiger partial charge in [0.05, 0.1) is 35.6 Å². The molecule has 60 heavy (non-hydrogen) atoms. The number of hydrogen-bond donors (Lipinski definition) is 3. The molecule has 1 saturated heterocycles. The molecular weight excluding hydrogens is 778 g/mol. The number of esters is 3. The Kier molecular flexibility index (Phi) is 12.2. The first-order chi connectivity index (χ1) is 28.1. The molecule has 1 aliphatic heterocycles. The van der Waals surface area contributed by atoms with Crippen molar-refractivity contribution in [1.29, 1.82) is 0 Å². The van der Waals surface area contributed by atoms with Gasteiger partial charge in [-0.2, -0.15) is 0 Å². The van der Waals surface area contributed by atoms with Gasteiger partial charge in [0.2, 0.25) is 0 Å². The summed E-state index contributed by atoms with van der Waals surface area (Å²) in [6, 6.07) is 15.1. The number of benzene rings is 2. The first-order valence-electron chi connectivity index (χ1n) is 20.1. The van der Waals surface area contributed by atoms with Gasteiger partial charge < -0.3 is 48.7 Å². The molecule has 2 saturated carbocycles. The molecule has 0 aromatic heterocycles. The third-order valence-corrected chi connectivity index (χ3v) is 13.0. The number of Topliss-reactive ketones (excluding diaryl/α,β-unsaturated/α-hetero) is 1. The van der Waals surface area contributed by atoms with Crippen LogP contribution < -0.4 is 5.32 Å². The van der Waals surface area contributed by atoms with Crippen LogP contribution in [-0.2, 0) is 47.5 Å². The van der Waals surface area contributed by atoms with Crippen molar-refractivity contribution in [3.63, 3.8) is 0 Å². The molecule has 0 unspecified atom stereocenters. The zero-order valence-electron chi connectivity index (χ0n) is 35.8. The van der Waals surface area contributed by atoms with Crippen molar-refractivity contribution in [2.45, 2.75) is 128 Å². The standard InChI is InChI=1S/C45H57NO14/c1-24-28(57-39(51)33(48)32(26-17-13-11-14-18-26)46-40(52)60-41(3,4)5)22-45(53)37(58-38(50)27-19-15-12-16-20-27)35-43(8,36(49)34(55-10)31(24)42(45,6)7)29(54-9)21-30-44(35,23-56-30)59-25(2)47/h11-20,28-30,32-35,37,48,53H,21-23H2,1-10H3,(H,46,52)/t28-,29+,30-,32+,33-,34-,35+,37+,43-,44+,45-/m1/s1. The van der Waals surface area contributed by atoms with Gasteiger partial charge in [0.25, 0.3) is 0 Å². The monoisotopic (exact) mass is 835 g/mol. The molecule has 1 amide bonds. The fourth-order valence-corrected chi connectivity index (χ4v) is 10.1. The highest BCUT2D eigenvalue weighted by Crippen LogP contribution is 2.64. The molecule has 15 nitrogen and oxygen atoms in total. The predicted octanol–water partition coefficient (Wildman–Crippen LogP) is 4.57. The normalized spacial score (nSPS) is 33.0. The lowest BCUT2D eigenvalue weighted by molar-refractivity contribution is -0.347. The van der Waals surface area contributed by atoms with Crippen molar-refractivity contribution >= 4 is 29.8 Å². The zero-order chi connectivity index (χ0) is 44.2. The van der Waals surface area contributed by atoms with E-state index < -0.39 is 112 Å². The summed E-state index contributed by atoms with van der Waals surface area (Å²) in [6.07, 6.45) is -9.31. The van der Waals surface area contributed by atoms with Crippen LogP contribution in [0.5, 0.6) is 0 Å². The first kappa shape index (κ1) is 44.9. The summed E-state index contributed by atoms with van der Waals surface area (Å²) in [6.45, 7) is 12.7. The number of carbonyl (C=O) groups is 5. The maximum Gasteiger partial charge on any atom is 0.408 e. The van der Waals surface area contributed by atoms with Crippen molar-refractivity contribution in [2.75, 3.05) is 20.8 Å². The van der Waals surface area contributed by atoms with Gasteiger partial charge in [0, 0.05) is 39.4 Å². The quantitative estimate of drug-likeness (QED) is 0.171. The third-order valence-electron chi connectivity index (χ3n) is 13.0. The molecular formula is C45H57NO14. The van der Waals surface area contributed by atoms with E-state index in [1.807, 2.05) is 0 Å². The number of ether oxygens (including phenoxy) is 7. The van der Waals surface area contributed by atoms with Crippen LogP contribution in [0.3, 0.4) is 0 Å². The average molecular weight is 836 g/mol. The molecule has 0 spiro atoms. The highest BCUT2D eigenvalue weighted by molar-refractivity contribution is 5.94. The number of rotatable bonds is 10. The van der Waals surface area contributed by atoms with E-state index in [9.17, 15) is 29.4 Å². The molecule has 2 bridgehead atoms. The van der Waals surface area contributed by atoms with Gasteiger partial charge in [-0.3, -0.25) is 9.59 Å². The van der Waals surface area contributed by atoms with E-state index >= 15 is 4.79 Å². The molecule has 1 heterocycles. The molecule has 3 N–H and O–H groups in total. The van der Waals surface area contributed by atoms with Crippen LogP contribution in [0.25, 0.3) is 0 Å². The number of ketones is 1. The molecule has 4 aliphatic rings. The summed E-state index contributed by atoms with van der Waals surface area (Å²) in [4.78, 5) is 70.1. The highest BCUT2D eigenvalue weighted by Gasteiger charge is 2.78. The number of aliphatic hydroxyl groups is 2. The highest BCUT2D eigenvalue weighted by atomic mass is 16.6. The molecule has 6 rings (SSSR count). The molecule has 15 heteroatoms. The lowest BCUT2D eigenvalue weighted by Gasteiger charge is -2.67. The third kappa shape index (κ3) is 7.52. The second-order valence-electron chi connectivity index (χ2n) is 18.0. The molecule has 2 aromatic carbocycles. The smallest absolute Gasteiger partial charge is 0.408 e. The minimum absolute atomic E-state index is 0.121. The second kappa shape index (κ2) is 16.3. The Balaban J connectivity index is 1.52. The van der Waals surface area contributed by atoms with E-state index in [1.165, 1.54) is 21.1 Å². The topological polar surface area (TPSA) is 202 Å². The Bertz CT molecular complexity index is 2010. The van der Waals surface area contributed by atoms with Crippen molar-refractivity contribution in [1.82, 2.24) is 5.32 Å². The van der Waals surface area contributed by atoms with Crippen LogP contribution in [0.15, 0.2) is 71.8 Å². The van der Waals surface area contributed by atoms with Crippen LogP contribution >= 0.6 is 0 Å². The maximum atomic E-state index is 15.5. The van der Waals surface area contributed by atoms with Gasteiger partial charge in [0.15, 0.2) is 17.5 Å². The minimum Gasteiger partial charge on any atom is -0.456 e. The van der Waals surface area contributed by atoms with Crippen LogP contribution in [-0.4, -0.2) is 114 Å². The Hall–Kier alpha value is -4.67. The predicted molar refractivity (Wildman–Crippen MR) is 213 cm³/mol.